The van der Waals surface area contributed by atoms with Crippen LogP contribution >= 0.6 is 0 Å². The van der Waals surface area contributed by atoms with Gasteiger partial charge in [0.05, 0.1) is 11.8 Å². The number of piperazine rings is 1. The van der Waals surface area contributed by atoms with Crippen molar-refractivity contribution in [3.05, 3.63) is 29.6 Å². The summed E-state index contributed by atoms with van der Waals surface area (Å²) in [5.41, 5.74) is 1.27. The van der Waals surface area contributed by atoms with E-state index in [1.54, 1.807) is 19.1 Å². The molecular formula is C13H19FN2O. The van der Waals surface area contributed by atoms with Gasteiger partial charge in [-0.1, -0.05) is 6.07 Å². The van der Waals surface area contributed by atoms with Gasteiger partial charge in [0.15, 0.2) is 0 Å². The predicted molar refractivity (Wildman–Crippen MR) is 66.7 cm³/mol. The molecule has 1 aliphatic rings. The smallest absolute Gasteiger partial charge is 0.146 e. The first kappa shape index (κ1) is 12.3. The Morgan fingerprint density at radius 3 is 2.41 bits per heavy atom. The highest BCUT2D eigenvalue weighted by Gasteiger charge is 2.17. The fourth-order valence-electron chi connectivity index (χ4n) is 2.09. The lowest BCUT2D eigenvalue weighted by molar-refractivity contribution is 0.199. The lowest BCUT2D eigenvalue weighted by Crippen LogP contribution is -2.44. The Hall–Kier alpha value is -1.13. The maximum atomic E-state index is 13.9. The second-order valence-corrected chi connectivity index (χ2v) is 4.68. The average Bonchev–Trinajstić information content (AvgIpc) is 2.30. The van der Waals surface area contributed by atoms with Crippen molar-refractivity contribution in [1.82, 2.24) is 4.90 Å². The van der Waals surface area contributed by atoms with Gasteiger partial charge in [-0.05, 0) is 31.7 Å². The molecule has 1 aromatic carbocycles. The summed E-state index contributed by atoms with van der Waals surface area (Å²) < 4.78 is 13.9. The van der Waals surface area contributed by atoms with Crippen LogP contribution in [0.5, 0.6) is 0 Å². The molecule has 1 N–H and O–H groups in total. The van der Waals surface area contributed by atoms with Crippen LogP contribution in [0.15, 0.2) is 18.2 Å². The van der Waals surface area contributed by atoms with Gasteiger partial charge in [-0.25, -0.2) is 4.39 Å². The zero-order chi connectivity index (χ0) is 12.4. The number of halogens is 1. The SMILES string of the molecule is CC(O)c1ccc(N2CCN(C)CC2)c(F)c1. The van der Waals surface area contributed by atoms with E-state index in [9.17, 15) is 9.50 Å². The van der Waals surface area contributed by atoms with Crippen molar-refractivity contribution in [2.24, 2.45) is 0 Å². The van der Waals surface area contributed by atoms with Crippen molar-refractivity contribution >= 4 is 5.69 Å². The third-order valence-corrected chi connectivity index (χ3v) is 3.30. The Balaban J connectivity index is 2.16. The lowest BCUT2D eigenvalue weighted by Gasteiger charge is -2.34. The number of rotatable bonds is 2. The largest absolute Gasteiger partial charge is 0.389 e. The molecule has 94 valence electrons. The molecule has 2 rings (SSSR count). The highest BCUT2D eigenvalue weighted by Crippen LogP contribution is 2.24. The fraction of sp³-hybridized carbons (Fsp3) is 0.538. The summed E-state index contributed by atoms with van der Waals surface area (Å²) in [7, 11) is 2.07. The van der Waals surface area contributed by atoms with Gasteiger partial charge in [-0.2, -0.15) is 0 Å². The molecule has 0 bridgehead atoms. The van der Waals surface area contributed by atoms with Gasteiger partial charge in [-0.3, -0.25) is 0 Å². The molecule has 1 atom stereocenters. The van der Waals surface area contributed by atoms with Crippen LogP contribution in [-0.4, -0.2) is 43.2 Å². The minimum atomic E-state index is -0.619. The van der Waals surface area contributed by atoms with Crippen molar-refractivity contribution in [2.45, 2.75) is 13.0 Å². The summed E-state index contributed by atoms with van der Waals surface area (Å²) in [5, 5.41) is 9.40. The maximum absolute atomic E-state index is 13.9. The third kappa shape index (κ3) is 2.76. The van der Waals surface area contributed by atoms with Crippen LogP contribution in [0.2, 0.25) is 0 Å². The maximum Gasteiger partial charge on any atom is 0.146 e. The zero-order valence-electron chi connectivity index (χ0n) is 10.4. The monoisotopic (exact) mass is 238 g/mol. The van der Waals surface area contributed by atoms with E-state index in [0.717, 1.165) is 26.2 Å². The number of benzene rings is 1. The first-order valence-electron chi connectivity index (χ1n) is 5.99. The van der Waals surface area contributed by atoms with Crippen LogP contribution in [0.3, 0.4) is 0 Å². The van der Waals surface area contributed by atoms with Gasteiger partial charge >= 0.3 is 0 Å². The van der Waals surface area contributed by atoms with E-state index in [1.165, 1.54) is 6.07 Å². The molecule has 0 aliphatic carbocycles. The molecule has 0 spiro atoms. The van der Waals surface area contributed by atoms with Crippen molar-refractivity contribution in [1.29, 1.82) is 0 Å². The number of aliphatic hydroxyl groups is 1. The lowest BCUT2D eigenvalue weighted by atomic mass is 10.1. The van der Waals surface area contributed by atoms with Crippen LogP contribution in [0.25, 0.3) is 0 Å². The van der Waals surface area contributed by atoms with E-state index >= 15 is 0 Å². The van der Waals surface area contributed by atoms with Gasteiger partial charge in [0.25, 0.3) is 0 Å². The summed E-state index contributed by atoms with van der Waals surface area (Å²) >= 11 is 0. The van der Waals surface area contributed by atoms with Crippen molar-refractivity contribution in [3.8, 4) is 0 Å². The van der Waals surface area contributed by atoms with Crippen LogP contribution in [-0.2, 0) is 0 Å². The molecule has 1 fully saturated rings. The molecule has 4 heteroatoms. The molecule has 0 radical (unpaired) electrons. The van der Waals surface area contributed by atoms with E-state index in [1.807, 2.05) is 0 Å². The molecular weight excluding hydrogens is 219 g/mol. The minimum Gasteiger partial charge on any atom is -0.389 e. The minimum absolute atomic E-state index is 0.243. The van der Waals surface area contributed by atoms with E-state index < -0.39 is 6.10 Å². The van der Waals surface area contributed by atoms with Crippen molar-refractivity contribution < 1.29 is 9.50 Å². The second kappa shape index (κ2) is 5.02. The molecule has 0 amide bonds. The highest BCUT2D eigenvalue weighted by atomic mass is 19.1. The van der Waals surface area contributed by atoms with Crippen LogP contribution in [0.4, 0.5) is 10.1 Å². The molecule has 0 saturated carbocycles. The summed E-state index contributed by atoms with van der Waals surface area (Å²) in [6.45, 7) is 5.25. The van der Waals surface area contributed by atoms with Gasteiger partial charge in [0.2, 0.25) is 0 Å². The van der Waals surface area contributed by atoms with Crippen LogP contribution in [0.1, 0.15) is 18.6 Å². The molecule has 17 heavy (non-hydrogen) atoms. The van der Waals surface area contributed by atoms with Gasteiger partial charge in [-0.15, -0.1) is 0 Å². The molecule has 1 aliphatic heterocycles. The summed E-state index contributed by atoms with van der Waals surface area (Å²) in [6.07, 6.45) is -0.619. The summed E-state index contributed by atoms with van der Waals surface area (Å²) in [4.78, 5) is 4.29. The van der Waals surface area contributed by atoms with Crippen LogP contribution in [0, 0.1) is 5.82 Å². The van der Waals surface area contributed by atoms with E-state index in [-0.39, 0.29) is 5.82 Å². The first-order valence-corrected chi connectivity index (χ1v) is 5.99. The van der Waals surface area contributed by atoms with Crippen LogP contribution < -0.4 is 4.90 Å². The summed E-state index contributed by atoms with van der Waals surface area (Å²) in [6, 6.07) is 4.99. The van der Waals surface area contributed by atoms with E-state index in [2.05, 4.69) is 16.8 Å². The molecule has 1 saturated heterocycles. The first-order chi connectivity index (χ1) is 8.08. The molecule has 1 unspecified atom stereocenters. The normalized spacial score (nSPS) is 19.4. The standard InChI is InChI=1S/C13H19FN2O/c1-10(17)11-3-4-13(12(14)9-11)16-7-5-15(2)6-8-16/h3-4,9-10,17H,5-8H2,1-2H3. The Morgan fingerprint density at radius 1 is 1.24 bits per heavy atom. The molecule has 0 aromatic heterocycles. The predicted octanol–water partition coefficient (Wildman–Crippen LogP) is 1.63. The second-order valence-electron chi connectivity index (χ2n) is 4.68. The number of anilines is 1. The van der Waals surface area contributed by atoms with Gasteiger partial charge in [0.1, 0.15) is 5.82 Å². The number of nitrogens with zero attached hydrogens (tertiary/aromatic N) is 2. The van der Waals surface area contributed by atoms with Crippen molar-refractivity contribution in [3.63, 3.8) is 0 Å². The molecule has 3 nitrogen and oxygen atoms in total. The Labute approximate surface area is 101 Å². The number of hydrogen-bond acceptors (Lipinski definition) is 3. The van der Waals surface area contributed by atoms with E-state index in [0.29, 0.717) is 11.3 Å². The number of likely N-dealkylation sites (N-methyl/N-ethyl adjacent to an activating group) is 1. The van der Waals surface area contributed by atoms with Gasteiger partial charge < -0.3 is 14.9 Å². The van der Waals surface area contributed by atoms with Gasteiger partial charge in [0, 0.05) is 26.2 Å². The number of hydrogen-bond donors (Lipinski definition) is 1. The topological polar surface area (TPSA) is 26.7 Å². The Morgan fingerprint density at radius 2 is 1.88 bits per heavy atom. The highest BCUT2D eigenvalue weighted by molar-refractivity contribution is 5.49. The molecule has 1 heterocycles. The number of aliphatic hydroxyl groups excluding tert-OH is 1. The summed E-state index contributed by atoms with van der Waals surface area (Å²) in [5.74, 6) is -0.243. The zero-order valence-corrected chi connectivity index (χ0v) is 10.4. The Bertz CT molecular complexity index is 387. The Kier molecular flexibility index (Phi) is 3.64. The fourth-order valence-corrected chi connectivity index (χ4v) is 2.09. The quantitative estimate of drug-likeness (QED) is 0.848. The average molecular weight is 238 g/mol. The van der Waals surface area contributed by atoms with Crippen molar-refractivity contribution in [2.75, 3.05) is 38.1 Å². The third-order valence-electron chi connectivity index (χ3n) is 3.30. The van der Waals surface area contributed by atoms with E-state index in [4.69, 9.17) is 0 Å². The molecule has 1 aromatic rings.